The molecule has 0 aliphatic carbocycles. The minimum atomic E-state index is -0.227. The number of carbonyl (C=O) groups excluding carboxylic acids is 1. The lowest BCUT2D eigenvalue weighted by Crippen LogP contribution is -2.58. The summed E-state index contributed by atoms with van der Waals surface area (Å²) < 4.78 is 0. The third-order valence-electron chi connectivity index (χ3n) is 5.56. The van der Waals surface area contributed by atoms with E-state index in [-0.39, 0.29) is 18.1 Å². The number of primary amides is 1. The van der Waals surface area contributed by atoms with Crippen LogP contribution >= 0.6 is 0 Å². The van der Waals surface area contributed by atoms with E-state index in [1.807, 2.05) is 0 Å². The zero-order valence-corrected chi connectivity index (χ0v) is 14.3. The second-order valence-corrected chi connectivity index (χ2v) is 6.91. The molecule has 2 saturated heterocycles. The first kappa shape index (κ1) is 17.5. The Morgan fingerprint density at radius 1 is 1.05 bits per heavy atom. The highest BCUT2D eigenvalue weighted by Crippen LogP contribution is 2.29. The van der Waals surface area contributed by atoms with Gasteiger partial charge in [-0.15, -0.1) is 0 Å². The average molecular weight is 310 g/mol. The molecule has 2 aliphatic heterocycles. The van der Waals surface area contributed by atoms with E-state index < -0.39 is 0 Å². The Balaban J connectivity index is 2.15. The van der Waals surface area contributed by atoms with Crippen molar-refractivity contribution in [3.8, 4) is 0 Å². The fourth-order valence-corrected chi connectivity index (χ4v) is 4.50. The molecule has 2 aliphatic rings. The molecule has 5 heteroatoms. The van der Waals surface area contributed by atoms with Crippen LogP contribution in [0.3, 0.4) is 0 Å². The minimum Gasteiger partial charge on any atom is -0.351 e. The van der Waals surface area contributed by atoms with Gasteiger partial charge in [0, 0.05) is 12.1 Å². The predicted molar refractivity (Wildman–Crippen MR) is 90.8 cm³/mol. The van der Waals surface area contributed by atoms with Crippen molar-refractivity contribution >= 4 is 6.03 Å². The van der Waals surface area contributed by atoms with Crippen molar-refractivity contribution in [3.05, 3.63) is 0 Å². The van der Waals surface area contributed by atoms with Gasteiger partial charge in [-0.2, -0.15) is 0 Å². The Kier molecular flexibility index (Phi) is 6.96. The van der Waals surface area contributed by atoms with E-state index >= 15 is 0 Å². The van der Waals surface area contributed by atoms with Gasteiger partial charge in [0.05, 0.1) is 0 Å². The molecule has 2 fully saturated rings. The molecule has 4 unspecified atom stereocenters. The van der Waals surface area contributed by atoms with Gasteiger partial charge in [-0.1, -0.05) is 13.8 Å². The van der Waals surface area contributed by atoms with Crippen molar-refractivity contribution in [2.75, 3.05) is 26.2 Å². The van der Waals surface area contributed by atoms with Crippen LogP contribution in [0.4, 0.5) is 4.79 Å². The quantitative estimate of drug-likeness (QED) is 0.702. The highest BCUT2D eigenvalue weighted by atomic mass is 16.2. The van der Waals surface area contributed by atoms with Gasteiger partial charge in [0.15, 0.2) is 0 Å². The lowest BCUT2D eigenvalue weighted by Gasteiger charge is -2.45. The molecule has 128 valence electrons. The van der Waals surface area contributed by atoms with Crippen molar-refractivity contribution in [3.63, 3.8) is 0 Å². The van der Waals surface area contributed by atoms with Crippen LogP contribution in [0, 0.1) is 11.8 Å². The van der Waals surface area contributed by atoms with E-state index in [2.05, 4.69) is 29.4 Å². The van der Waals surface area contributed by atoms with Gasteiger partial charge in [-0.25, -0.2) is 4.79 Å². The average Bonchev–Trinajstić information content (AvgIpc) is 2.56. The van der Waals surface area contributed by atoms with Crippen LogP contribution in [0.2, 0.25) is 0 Å². The second kappa shape index (κ2) is 8.73. The molecule has 2 heterocycles. The van der Waals surface area contributed by atoms with Gasteiger partial charge in [0.2, 0.25) is 0 Å². The molecule has 0 radical (unpaired) electrons. The van der Waals surface area contributed by atoms with Crippen LogP contribution in [0.5, 0.6) is 0 Å². The molecule has 0 aromatic rings. The zero-order chi connectivity index (χ0) is 15.9. The molecule has 5 nitrogen and oxygen atoms in total. The van der Waals surface area contributed by atoms with Crippen molar-refractivity contribution in [2.45, 2.75) is 64.5 Å². The van der Waals surface area contributed by atoms with Crippen LogP contribution in [0.25, 0.3) is 0 Å². The summed E-state index contributed by atoms with van der Waals surface area (Å²) in [6.45, 7) is 8.63. The Morgan fingerprint density at radius 3 is 1.77 bits per heavy atom. The third kappa shape index (κ3) is 4.13. The van der Waals surface area contributed by atoms with Crippen LogP contribution in [-0.2, 0) is 0 Å². The standard InChI is InChI=1S/C17H34N4O/c1-3-15(13-7-5-9-19-11-13)21(17(18)22)16(4-2)14-8-6-10-20-12-14/h13-16,19-20H,3-12H2,1-2H3,(H2,18,22). The van der Waals surface area contributed by atoms with Gasteiger partial charge in [-0.3, -0.25) is 0 Å². The number of nitrogens with two attached hydrogens (primary N) is 1. The van der Waals surface area contributed by atoms with Crippen molar-refractivity contribution in [2.24, 2.45) is 17.6 Å². The smallest absolute Gasteiger partial charge is 0.315 e. The number of piperidine rings is 2. The summed E-state index contributed by atoms with van der Waals surface area (Å²) in [5.41, 5.74) is 5.85. The second-order valence-electron chi connectivity index (χ2n) is 6.91. The maximum atomic E-state index is 12.3. The highest BCUT2D eigenvalue weighted by molar-refractivity contribution is 5.73. The molecule has 4 atom stereocenters. The van der Waals surface area contributed by atoms with Gasteiger partial charge in [-0.05, 0) is 76.5 Å². The monoisotopic (exact) mass is 310 g/mol. The summed E-state index contributed by atoms with van der Waals surface area (Å²) in [6, 6.07) is 0.323. The number of urea groups is 1. The van der Waals surface area contributed by atoms with Crippen molar-refractivity contribution < 1.29 is 4.79 Å². The third-order valence-corrected chi connectivity index (χ3v) is 5.56. The first-order chi connectivity index (χ1) is 10.7. The molecular formula is C17H34N4O. The normalized spacial score (nSPS) is 28.8. The van der Waals surface area contributed by atoms with Crippen LogP contribution in [-0.4, -0.2) is 49.2 Å². The number of nitrogens with zero attached hydrogens (tertiary/aromatic N) is 1. The fourth-order valence-electron chi connectivity index (χ4n) is 4.50. The van der Waals surface area contributed by atoms with Gasteiger partial charge < -0.3 is 21.3 Å². The predicted octanol–water partition coefficient (Wildman–Crippen LogP) is 1.92. The molecule has 22 heavy (non-hydrogen) atoms. The summed E-state index contributed by atoms with van der Waals surface area (Å²) in [5.74, 6) is 1.08. The van der Waals surface area contributed by atoms with Crippen LogP contribution in [0.1, 0.15) is 52.4 Å². The van der Waals surface area contributed by atoms with Crippen LogP contribution < -0.4 is 16.4 Å². The molecule has 0 aromatic heterocycles. The first-order valence-electron chi connectivity index (χ1n) is 9.18. The number of nitrogens with one attached hydrogen (secondary N) is 2. The highest BCUT2D eigenvalue weighted by Gasteiger charge is 2.37. The van der Waals surface area contributed by atoms with Gasteiger partial charge >= 0.3 is 6.03 Å². The lowest BCUT2D eigenvalue weighted by molar-refractivity contribution is 0.0710. The maximum absolute atomic E-state index is 12.3. The largest absolute Gasteiger partial charge is 0.351 e. The fraction of sp³-hybridized carbons (Fsp3) is 0.941. The Bertz CT molecular complexity index is 312. The molecule has 2 amide bonds. The maximum Gasteiger partial charge on any atom is 0.315 e. The molecule has 0 aromatic carbocycles. The van der Waals surface area contributed by atoms with Gasteiger partial charge in [0.25, 0.3) is 0 Å². The summed E-state index contributed by atoms with van der Waals surface area (Å²) in [6.07, 6.45) is 6.80. The summed E-state index contributed by atoms with van der Waals surface area (Å²) in [4.78, 5) is 14.3. The number of rotatable bonds is 6. The zero-order valence-electron chi connectivity index (χ0n) is 14.3. The molecule has 0 spiro atoms. The topological polar surface area (TPSA) is 70.4 Å². The molecule has 4 N–H and O–H groups in total. The summed E-state index contributed by atoms with van der Waals surface area (Å²) in [7, 11) is 0. The van der Waals surface area contributed by atoms with Crippen LogP contribution in [0.15, 0.2) is 0 Å². The molecular weight excluding hydrogens is 276 g/mol. The number of hydrogen-bond acceptors (Lipinski definition) is 3. The van der Waals surface area contributed by atoms with Crippen molar-refractivity contribution in [1.29, 1.82) is 0 Å². The molecule has 0 saturated carbocycles. The summed E-state index contributed by atoms with van der Waals surface area (Å²) >= 11 is 0. The van der Waals surface area contributed by atoms with E-state index in [4.69, 9.17) is 5.73 Å². The van der Waals surface area contributed by atoms with E-state index in [0.29, 0.717) is 11.8 Å². The number of amides is 2. The lowest BCUT2D eigenvalue weighted by atomic mass is 9.84. The number of carbonyl (C=O) groups is 1. The van der Waals surface area contributed by atoms with E-state index in [1.54, 1.807) is 0 Å². The first-order valence-corrected chi connectivity index (χ1v) is 9.18. The SMILES string of the molecule is CCC(C1CCCNC1)N(C(N)=O)C(CC)C1CCCNC1. The molecule has 0 bridgehead atoms. The van der Waals surface area contributed by atoms with E-state index in [1.165, 1.54) is 25.7 Å². The molecule has 2 rings (SSSR count). The van der Waals surface area contributed by atoms with E-state index in [9.17, 15) is 4.79 Å². The summed E-state index contributed by atoms with van der Waals surface area (Å²) in [5, 5.41) is 6.98. The Morgan fingerprint density at radius 2 is 1.50 bits per heavy atom. The van der Waals surface area contributed by atoms with Gasteiger partial charge in [0.1, 0.15) is 0 Å². The minimum absolute atomic E-state index is 0.227. The Labute approximate surface area is 135 Å². The Hall–Kier alpha value is -0.810. The van der Waals surface area contributed by atoms with Crippen molar-refractivity contribution in [1.82, 2.24) is 15.5 Å². The number of hydrogen-bond donors (Lipinski definition) is 3. The van der Waals surface area contributed by atoms with E-state index in [0.717, 1.165) is 39.0 Å².